The number of nitrogens with one attached hydrogen (secondary N) is 2. The molecule has 0 fully saturated rings. The summed E-state index contributed by atoms with van der Waals surface area (Å²) in [6, 6.07) is 16.3. The minimum atomic E-state index is -1.54. The summed E-state index contributed by atoms with van der Waals surface area (Å²) in [5, 5.41) is 36.5. The smallest absolute Gasteiger partial charge is 0.328 e. The Labute approximate surface area is 193 Å². The predicted octanol–water partition coefficient (Wildman–Crippen LogP) is 1.03. The molecule has 1 unspecified atom stereocenters. The van der Waals surface area contributed by atoms with E-state index < -0.39 is 35.1 Å². The molecule has 0 radical (unpaired) electrons. The Kier molecular flexibility index (Phi) is 7.24. The average molecular weight is 462 g/mol. The van der Waals surface area contributed by atoms with Gasteiger partial charge in [0.05, 0.1) is 17.2 Å². The fourth-order valence-corrected chi connectivity index (χ4v) is 3.26. The molecule has 34 heavy (non-hydrogen) atoms. The minimum absolute atomic E-state index is 0.0833. The second kappa shape index (κ2) is 10.3. The van der Waals surface area contributed by atoms with E-state index in [0.717, 1.165) is 6.07 Å². The number of amides is 1. The van der Waals surface area contributed by atoms with Crippen molar-refractivity contribution in [3.63, 3.8) is 0 Å². The minimum Gasteiger partial charge on any atom is -0.480 e. The van der Waals surface area contributed by atoms with Gasteiger partial charge in [-0.15, -0.1) is 0 Å². The lowest BCUT2D eigenvalue weighted by Crippen LogP contribution is -2.43. The summed E-state index contributed by atoms with van der Waals surface area (Å²) < 4.78 is 0. The molecule has 3 rings (SSSR count). The number of carboxylic acid groups (broad SMARTS) is 1. The first kappa shape index (κ1) is 24.0. The first-order chi connectivity index (χ1) is 16.2. The van der Waals surface area contributed by atoms with Gasteiger partial charge in [0.15, 0.2) is 6.04 Å². The molecule has 1 amide bonds. The van der Waals surface area contributed by atoms with E-state index in [0.29, 0.717) is 27.4 Å². The summed E-state index contributed by atoms with van der Waals surface area (Å²) in [5.41, 5.74) is 7.21. The highest BCUT2D eigenvalue weighted by atomic mass is 16.6. The van der Waals surface area contributed by atoms with Crippen LogP contribution in [0, 0.1) is 10.1 Å². The molecule has 3 aromatic rings. The van der Waals surface area contributed by atoms with E-state index in [4.69, 9.17) is 15.9 Å². The van der Waals surface area contributed by atoms with Crippen LogP contribution in [0.25, 0.3) is 12.3 Å². The van der Waals surface area contributed by atoms with Gasteiger partial charge in [0.1, 0.15) is 5.69 Å². The van der Waals surface area contributed by atoms with Crippen LogP contribution in [-0.2, 0) is 4.79 Å². The number of aliphatic hydroxyl groups excluding tert-OH is 1. The number of anilines is 2. The molecule has 6 N–H and O–H groups in total. The Balaban J connectivity index is 2.11. The Morgan fingerprint density at radius 2 is 1.76 bits per heavy atom. The number of aliphatic hydroxyl groups is 1. The van der Waals surface area contributed by atoms with E-state index in [1.807, 2.05) is 6.07 Å². The maximum atomic E-state index is 12.4. The molecule has 0 aliphatic heterocycles. The molecule has 0 heterocycles. The van der Waals surface area contributed by atoms with Crippen LogP contribution in [0.2, 0.25) is 0 Å². The van der Waals surface area contributed by atoms with Crippen molar-refractivity contribution in [1.29, 1.82) is 0 Å². The van der Waals surface area contributed by atoms with Crippen molar-refractivity contribution in [1.82, 2.24) is 5.32 Å². The van der Waals surface area contributed by atoms with Crippen molar-refractivity contribution < 1.29 is 24.7 Å². The van der Waals surface area contributed by atoms with Crippen LogP contribution in [0.5, 0.6) is 0 Å². The lowest BCUT2D eigenvalue weighted by molar-refractivity contribution is -0.383. The van der Waals surface area contributed by atoms with Crippen LogP contribution < -0.4 is 26.8 Å². The van der Waals surface area contributed by atoms with Gasteiger partial charge in [0.25, 0.3) is 11.6 Å². The molecule has 174 valence electrons. The van der Waals surface area contributed by atoms with E-state index in [-0.39, 0.29) is 11.3 Å². The van der Waals surface area contributed by atoms with Crippen molar-refractivity contribution in [3.8, 4) is 0 Å². The fourth-order valence-electron chi connectivity index (χ4n) is 3.26. The molecule has 1 atom stereocenters. The molecule has 0 saturated heterocycles. The number of hydrogen-bond donors (Lipinski definition) is 5. The van der Waals surface area contributed by atoms with E-state index in [9.17, 15) is 19.7 Å². The highest BCUT2D eigenvalue weighted by molar-refractivity contribution is 5.98. The van der Waals surface area contributed by atoms with Crippen LogP contribution in [-0.4, -0.2) is 39.7 Å². The van der Waals surface area contributed by atoms with Gasteiger partial charge in [0, 0.05) is 28.1 Å². The quantitative estimate of drug-likeness (QED) is 0.188. The van der Waals surface area contributed by atoms with Crippen molar-refractivity contribution in [2.24, 2.45) is 0 Å². The lowest BCUT2D eigenvalue weighted by atomic mass is 10.0. The number of carbonyl (C=O) groups is 2. The van der Waals surface area contributed by atoms with Crippen molar-refractivity contribution >= 4 is 41.2 Å². The van der Waals surface area contributed by atoms with E-state index >= 15 is 0 Å². The number of carboxylic acids is 1. The second-order valence-corrected chi connectivity index (χ2v) is 7.28. The zero-order valence-corrected chi connectivity index (χ0v) is 17.9. The molecule has 0 saturated carbocycles. The monoisotopic (exact) mass is 462 g/mol. The molecule has 0 aliphatic rings. The first-order valence-electron chi connectivity index (χ1n) is 10.1. The molecule has 3 aromatic carbocycles. The summed E-state index contributed by atoms with van der Waals surface area (Å²) in [5.74, 6) is -2.31. The number of rotatable bonds is 8. The van der Waals surface area contributed by atoms with Gasteiger partial charge in [-0.05, 0) is 23.4 Å². The number of benzene rings is 3. The number of nitro benzene ring substituents is 1. The molecular weight excluding hydrogens is 440 g/mol. The van der Waals surface area contributed by atoms with Gasteiger partial charge in [-0.1, -0.05) is 49.0 Å². The maximum absolute atomic E-state index is 12.4. The van der Waals surface area contributed by atoms with Gasteiger partial charge >= 0.3 is 5.97 Å². The van der Waals surface area contributed by atoms with Gasteiger partial charge in [-0.3, -0.25) is 14.9 Å². The number of para-hydroxylation sites is 1. The maximum Gasteiger partial charge on any atom is 0.328 e. The number of carbonyl (C=O) groups excluding carboxylic acids is 1. The summed E-state index contributed by atoms with van der Waals surface area (Å²) in [7, 11) is 0. The number of nitro groups is 1. The molecule has 10 heteroatoms. The first-order valence-corrected chi connectivity index (χ1v) is 10.1. The second-order valence-electron chi connectivity index (χ2n) is 7.28. The Bertz CT molecular complexity index is 1370. The van der Waals surface area contributed by atoms with Crippen molar-refractivity contribution in [2.75, 3.05) is 17.7 Å². The SMILES string of the molecule is C=c1cccc/c1=C(\Nc1ccc(C(=O)NC(CO)C(=O)O)cc1[N+](=O)[O-])c1ccccc1N. The summed E-state index contributed by atoms with van der Waals surface area (Å²) in [4.78, 5) is 34.6. The van der Waals surface area contributed by atoms with Crippen LogP contribution in [0.3, 0.4) is 0 Å². The number of aliphatic carboxylic acids is 1. The number of nitrogen functional groups attached to an aromatic ring is 1. The Morgan fingerprint density at radius 1 is 1.09 bits per heavy atom. The van der Waals surface area contributed by atoms with Gasteiger partial charge in [-0.25, -0.2) is 4.79 Å². The van der Waals surface area contributed by atoms with Crippen molar-refractivity contribution in [3.05, 3.63) is 98.4 Å². The zero-order valence-electron chi connectivity index (χ0n) is 17.9. The lowest BCUT2D eigenvalue weighted by Gasteiger charge is -2.15. The molecule has 0 aliphatic carbocycles. The Hall–Kier alpha value is -4.70. The number of nitrogens with zero attached hydrogens (tertiary/aromatic N) is 1. The van der Waals surface area contributed by atoms with Crippen LogP contribution in [0.15, 0.2) is 66.7 Å². The zero-order chi connectivity index (χ0) is 24.8. The fraction of sp³-hybridized carbons (Fsp3) is 0.0833. The largest absolute Gasteiger partial charge is 0.480 e. The summed E-state index contributed by atoms with van der Waals surface area (Å²) in [6.45, 7) is 3.20. The summed E-state index contributed by atoms with van der Waals surface area (Å²) >= 11 is 0. The molecule has 0 aromatic heterocycles. The van der Waals surface area contributed by atoms with E-state index in [1.165, 1.54) is 12.1 Å². The number of nitrogens with two attached hydrogens (primary N) is 1. The van der Waals surface area contributed by atoms with Crippen LogP contribution >= 0.6 is 0 Å². The highest BCUT2D eigenvalue weighted by Gasteiger charge is 2.23. The summed E-state index contributed by atoms with van der Waals surface area (Å²) in [6.07, 6.45) is 0. The normalized spacial score (nSPS) is 12.4. The molecule has 0 bridgehead atoms. The van der Waals surface area contributed by atoms with Gasteiger partial charge in [-0.2, -0.15) is 0 Å². The third-order valence-electron chi connectivity index (χ3n) is 5.02. The standard InChI is InChI=1S/C24H22N4O6/c1-14-6-2-3-7-16(14)22(17-8-4-5-9-18(17)25)26-19-11-10-15(12-21(19)28(33)34)23(30)27-20(13-29)24(31)32/h2-12,20,26,29H,1,13,25H2,(H,27,30)(H,31,32)/b22-16+. The molecular formula is C24H22N4O6. The van der Waals surface area contributed by atoms with Gasteiger partial charge < -0.3 is 26.6 Å². The third-order valence-corrected chi connectivity index (χ3v) is 5.02. The Morgan fingerprint density at radius 3 is 2.38 bits per heavy atom. The molecule has 10 nitrogen and oxygen atoms in total. The van der Waals surface area contributed by atoms with Gasteiger partial charge in [0.2, 0.25) is 0 Å². The average Bonchev–Trinajstić information content (AvgIpc) is 2.81. The topological polar surface area (TPSA) is 168 Å². The predicted molar refractivity (Wildman–Crippen MR) is 127 cm³/mol. The van der Waals surface area contributed by atoms with Crippen LogP contribution in [0.4, 0.5) is 17.1 Å². The van der Waals surface area contributed by atoms with Crippen LogP contribution in [0.1, 0.15) is 15.9 Å². The third kappa shape index (κ3) is 5.19. The highest BCUT2D eigenvalue weighted by Crippen LogP contribution is 2.29. The van der Waals surface area contributed by atoms with E-state index in [1.54, 1.807) is 42.5 Å². The van der Waals surface area contributed by atoms with Crippen molar-refractivity contribution in [2.45, 2.75) is 6.04 Å². The van der Waals surface area contributed by atoms with E-state index in [2.05, 4.69) is 17.2 Å². The molecule has 0 spiro atoms. The number of hydrogen-bond acceptors (Lipinski definition) is 7.